The number of carbonyl (C=O) groups excluding carboxylic acids is 1. The number of fused-ring (bicyclic) bond motifs is 1. The van der Waals surface area contributed by atoms with Gasteiger partial charge in [0.05, 0.1) is 19.3 Å². The molecule has 0 aliphatic carbocycles. The maximum Gasteiger partial charge on any atom is 0.227 e. The molecule has 0 spiro atoms. The van der Waals surface area contributed by atoms with E-state index in [0.717, 1.165) is 17.1 Å². The number of ether oxygens (including phenoxy) is 2. The molecule has 2 heterocycles. The summed E-state index contributed by atoms with van der Waals surface area (Å²) in [6.07, 6.45) is 3.13. The largest absolute Gasteiger partial charge is 0.497 e. The van der Waals surface area contributed by atoms with Gasteiger partial charge in [-0.15, -0.1) is 0 Å². The SMILES string of the molecule is COc1ccc2c(c1)OC[C@@H](C(=O)NC1CCN(S(C)(=O)=O)CC1)C2. The summed E-state index contributed by atoms with van der Waals surface area (Å²) >= 11 is 0. The molecule has 1 atom stereocenters. The molecule has 0 bridgehead atoms. The van der Waals surface area contributed by atoms with Crippen LogP contribution in [0.3, 0.4) is 0 Å². The molecule has 3 rings (SSSR count). The van der Waals surface area contributed by atoms with E-state index >= 15 is 0 Å². The molecule has 1 fully saturated rings. The molecule has 25 heavy (non-hydrogen) atoms. The van der Waals surface area contributed by atoms with E-state index in [2.05, 4.69) is 5.32 Å². The Morgan fingerprint density at radius 3 is 2.68 bits per heavy atom. The van der Waals surface area contributed by atoms with E-state index in [4.69, 9.17) is 9.47 Å². The number of hydrogen-bond acceptors (Lipinski definition) is 5. The number of methoxy groups -OCH3 is 1. The highest BCUT2D eigenvalue weighted by Gasteiger charge is 2.30. The third-order valence-electron chi connectivity index (χ3n) is 4.82. The van der Waals surface area contributed by atoms with Crippen molar-refractivity contribution >= 4 is 15.9 Å². The topological polar surface area (TPSA) is 84.9 Å². The summed E-state index contributed by atoms with van der Waals surface area (Å²) in [5.74, 6) is 1.25. The van der Waals surface area contributed by atoms with Crippen LogP contribution in [0, 0.1) is 5.92 Å². The highest BCUT2D eigenvalue weighted by Crippen LogP contribution is 2.31. The fourth-order valence-corrected chi connectivity index (χ4v) is 4.17. The summed E-state index contributed by atoms with van der Waals surface area (Å²) in [5.41, 5.74) is 0.999. The quantitative estimate of drug-likeness (QED) is 0.849. The van der Waals surface area contributed by atoms with Gasteiger partial charge >= 0.3 is 0 Å². The zero-order valence-corrected chi connectivity index (χ0v) is 15.3. The van der Waals surface area contributed by atoms with Crippen LogP contribution < -0.4 is 14.8 Å². The standard InChI is InChI=1S/C17H24N2O5S/c1-23-15-4-3-12-9-13(11-24-16(12)10-15)17(20)18-14-5-7-19(8-6-14)25(2,21)22/h3-4,10,13-14H,5-9,11H2,1-2H3,(H,18,20)/t13-/m0/s1. The number of sulfonamides is 1. The number of amides is 1. The summed E-state index contributed by atoms with van der Waals surface area (Å²) in [6, 6.07) is 5.65. The molecule has 7 nitrogen and oxygen atoms in total. The van der Waals surface area contributed by atoms with Gasteiger partial charge < -0.3 is 14.8 Å². The molecule has 138 valence electrons. The first-order chi connectivity index (χ1) is 11.9. The van der Waals surface area contributed by atoms with E-state index in [0.29, 0.717) is 39.0 Å². The van der Waals surface area contributed by atoms with Crippen molar-refractivity contribution in [3.8, 4) is 11.5 Å². The van der Waals surface area contributed by atoms with Crippen molar-refractivity contribution in [3.63, 3.8) is 0 Å². The molecule has 1 amide bonds. The van der Waals surface area contributed by atoms with Crippen LogP contribution in [0.5, 0.6) is 11.5 Å². The Morgan fingerprint density at radius 2 is 2.04 bits per heavy atom. The molecular formula is C17H24N2O5S. The highest BCUT2D eigenvalue weighted by molar-refractivity contribution is 7.88. The normalized spacial score (nSPS) is 21.9. The van der Waals surface area contributed by atoms with Gasteiger partial charge in [0.1, 0.15) is 18.1 Å². The lowest BCUT2D eigenvalue weighted by molar-refractivity contribution is -0.127. The van der Waals surface area contributed by atoms with Gasteiger partial charge in [0.25, 0.3) is 0 Å². The zero-order valence-electron chi connectivity index (χ0n) is 14.5. The third-order valence-corrected chi connectivity index (χ3v) is 6.12. The van der Waals surface area contributed by atoms with Gasteiger partial charge in [0, 0.05) is 25.2 Å². The number of benzene rings is 1. The summed E-state index contributed by atoms with van der Waals surface area (Å²) in [5, 5.41) is 3.05. The fourth-order valence-electron chi connectivity index (χ4n) is 3.30. The van der Waals surface area contributed by atoms with E-state index in [-0.39, 0.29) is 17.9 Å². The summed E-state index contributed by atoms with van der Waals surface area (Å²) in [7, 11) is -1.54. The first-order valence-electron chi connectivity index (χ1n) is 8.42. The van der Waals surface area contributed by atoms with Gasteiger partial charge in [-0.05, 0) is 30.9 Å². The Morgan fingerprint density at radius 1 is 1.32 bits per heavy atom. The number of nitrogens with zero attached hydrogens (tertiary/aromatic N) is 1. The molecule has 1 saturated heterocycles. The average molecular weight is 368 g/mol. The van der Waals surface area contributed by atoms with Crippen LogP contribution in [0.15, 0.2) is 18.2 Å². The van der Waals surface area contributed by atoms with Gasteiger partial charge in [-0.25, -0.2) is 12.7 Å². The number of carbonyl (C=O) groups is 1. The minimum atomic E-state index is -3.15. The van der Waals surface area contributed by atoms with Gasteiger partial charge in [-0.3, -0.25) is 4.79 Å². The second kappa shape index (κ2) is 7.21. The van der Waals surface area contributed by atoms with Crippen LogP contribution in [0.4, 0.5) is 0 Å². The minimum absolute atomic E-state index is 0.0164. The third kappa shape index (κ3) is 4.24. The van der Waals surface area contributed by atoms with Crippen molar-refractivity contribution in [2.75, 3.05) is 33.1 Å². The Kier molecular flexibility index (Phi) is 5.19. The van der Waals surface area contributed by atoms with Crippen LogP contribution in [0.2, 0.25) is 0 Å². The van der Waals surface area contributed by atoms with E-state index in [1.807, 2.05) is 18.2 Å². The smallest absolute Gasteiger partial charge is 0.227 e. The van der Waals surface area contributed by atoms with Gasteiger partial charge in [-0.2, -0.15) is 0 Å². The highest BCUT2D eigenvalue weighted by atomic mass is 32.2. The van der Waals surface area contributed by atoms with E-state index in [1.54, 1.807) is 7.11 Å². The molecule has 1 N–H and O–H groups in total. The second-order valence-corrected chi connectivity index (χ2v) is 8.61. The monoisotopic (exact) mass is 368 g/mol. The number of piperidine rings is 1. The van der Waals surface area contributed by atoms with Gasteiger partial charge in [0.15, 0.2) is 0 Å². The molecule has 2 aliphatic rings. The predicted molar refractivity (Wildman–Crippen MR) is 93.3 cm³/mol. The molecule has 0 aromatic heterocycles. The second-order valence-electron chi connectivity index (χ2n) is 6.63. The van der Waals surface area contributed by atoms with Gasteiger partial charge in [0.2, 0.25) is 15.9 Å². The molecule has 0 unspecified atom stereocenters. The lowest BCUT2D eigenvalue weighted by atomic mass is 9.95. The van der Waals surface area contributed by atoms with Crippen LogP contribution in [-0.2, 0) is 21.2 Å². The number of nitrogens with one attached hydrogen (secondary N) is 1. The molecule has 1 aromatic carbocycles. The van der Waals surface area contributed by atoms with Crippen molar-refractivity contribution in [3.05, 3.63) is 23.8 Å². The summed E-state index contributed by atoms with van der Waals surface area (Å²) < 4.78 is 35.4. The molecule has 2 aliphatic heterocycles. The molecule has 8 heteroatoms. The van der Waals surface area contributed by atoms with Crippen LogP contribution in [0.25, 0.3) is 0 Å². The maximum atomic E-state index is 12.5. The first-order valence-corrected chi connectivity index (χ1v) is 10.3. The zero-order chi connectivity index (χ0) is 18.0. The van der Waals surface area contributed by atoms with Crippen LogP contribution >= 0.6 is 0 Å². The van der Waals surface area contributed by atoms with E-state index in [1.165, 1.54) is 10.6 Å². The Balaban J connectivity index is 1.54. The summed E-state index contributed by atoms with van der Waals surface area (Å²) in [6.45, 7) is 1.25. The number of hydrogen-bond donors (Lipinski definition) is 1. The van der Waals surface area contributed by atoms with Crippen LogP contribution in [-0.4, -0.2) is 57.7 Å². The van der Waals surface area contributed by atoms with Crippen molar-refractivity contribution in [2.24, 2.45) is 5.92 Å². The number of rotatable bonds is 4. The summed E-state index contributed by atoms with van der Waals surface area (Å²) in [4.78, 5) is 12.5. The maximum absolute atomic E-state index is 12.5. The molecule has 1 aromatic rings. The fraction of sp³-hybridized carbons (Fsp3) is 0.588. The average Bonchev–Trinajstić information content (AvgIpc) is 2.60. The molecule has 0 saturated carbocycles. The van der Waals surface area contributed by atoms with E-state index in [9.17, 15) is 13.2 Å². The van der Waals surface area contributed by atoms with Crippen molar-refractivity contribution in [1.82, 2.24) is 9.62 Å². The Bertz CT molecular complexity index is 741. The van der Waals surface area contributed by atoms with Crippen molar-refractivity contribution in [1.29, 1.82) is 0 Å². The minimum Gasteiger partial charge on any atom is -0.497 e. The molecular weight excluding hydrogens is 344 g/mol. The van der Waals surface area contributed by atoms with Crippen LogP contribution in [0.1, 0.15) is 18.4 Å². The van der Waals surface area contributed by atoms with Gasteiger partial charge in [-0.1, -0.05) is 6.07 Å². The molecule has 0 radical (unpaired) electrons. The predicted octanol–water partition coefficient (Wildman–Crippen LogP) is 0.786. The first kappa shape index (κ1) is 18.0. The lowest BCUT2D eigenvalue weighted by Gasteiger charge is -2.32. The Labute approximate surface area is 148 Å². The Hall–Kier alpha value is -1.80. The lowest BCUT2D eigenvalue weighted by Crippen LogP contribution is -2.48. The van der Waals surface area contributed by atoms with Crippen molar-refractivity contribution < 1.29 is 22.7 Å². The van der Waals surface area contributed by atoms with E-state index < -0.39 is 10.0 Å². The van der Waals surface area contributed by atoms with Crippen molar-refractivity contribution in [2.45, 2.75) is 25.3 Å².